The molecule has 0 spiro atoms. The lowest BCUT2D eigenvalue weighted by atomic mass is 9.92. The Balaban J connectivity index is 4.46. The van der Waals surface area contributed by atoms with E-state index in [0.717, 1.165) is 25.8 Å². The topological polar surface area (TPSA) is 57.6 Å². The molecule has 0 unspecified atom stereocenters. The van der Waals surface area contributed by atoms with Crippen molar-refractivity contribution in [2.24, 2.45) is 5.41 Å². The standard InChI is InChI=1S/C9H14F3NO3/c1-8(2,7(15)16)6(14)13(3)5-4-9(10,11)12/h4-5H2,1-3H3,(H,15,16). The molecule has 0 aliphatic carbocycles. The van der Waals surface area contributed by atoms with Gasteiger partial charge < -0.3 is 10.0 Å². The second-order valence-electron chi connectivity index (χ2n) is 4.02. The highest BCUT2D eigenvalue weighted by atomic mass is 19.4. The molecule has 94 valence electrons. The van der Waals surface area contributed by atoms with Crippen LogP contribution in [0.3, 0.4) is 0 Å². The minimum absolute atomic E-state index is 0.543. The van der Waals surface area contributed by atoms with Crippen molar-refractivity contribution >= 4 is 11.9 Å². The third-order valence-corrected chi connectivity index (χ3v) is 2.15. The number of rotatable bonds is 4. The molecule has 0 saturated heterocycles. The number of aliphatic carboxylic acids is 1. The molecule has 0 aromatic rings. The molecule has 0 aliphatic heterocycles. The predicted octanol–water partition coefficient (Wildman–Crippen LogP) is 1.51. The second-order valence-corrected chi connectivity index (χ2v) is 4.02. The highest BCUT2D eigenvalue weighted by Crippen LogP contribution is 2.22. The maximum atomic E-state index is 11.9. The molecule has 16 heavy (non-hydrogen) atoms. The summed E-state index contributed by atoms with van der Waals surface area (Å²) in [6.07, 6.45) is -5.51. The van der Waals surface area contributed by atoms with E-state index in [-0.39, 0.29) is 0 Å². The molecule has 0 radical (unpaired) electrons. The normalized spacial score (nSPS) is 12.4. The SMILES string of the molecule is CN(CCC(F)(F)F)C(=O)C(C)(C)C(=O)O. The Labute approximate surface area is 91.0 Å². The molecule has 1 amide bonds. The van der Waals surface area contributed by atoms with Gasteiger partial charge in [0.05, 0.1) is 6.42 Å². The van der Waals surface area contributed by atoms with Crippen LogP contribution in [-0.2, 0) is 9.59 Å². The van der Waals surface area contributed by atoms with E-state index in [9.17, 15) is 22.8 Å². The van der Waals surface area contributed by atoms with Gasteiger partial charge in [-0.1, -0.05) is 0 Å². The Kier molecular flexibility index (Phi) is 4.34. The Morgan fingerprint density at radius 3 is 2.00 bits per heavy atom. The van der Waals surface area contributed by atoms with E-state index in [1.54, 1.807) is 0 Å². The van der Waals surface area contributed by atoms with E-state index < -0.39 is 36.4 Å². The van der Waals surface area contributed by atoms with Crippen LogP contribution in [0, 0.1) is 5.41 Å². The van der Waals surface area contributed by atoms with Crippen LogP contribution in [-0.4, -0.2) is 41.7 Å². The number of nitrogens with zero attached hydrogens (tertiary/aromatic N) is 1. The van der Waals surface area contributed by atoms with Gasteiger partial charge >= 0.3 is 12.1 Å². The number of carbonyl (C=O) groups is 2. The van der Waals surface area contributed by atoms with Crippen molar-refractivity contribution in [1.29, 1.82) is 0 Å². The van der Waals surface area contributed by atoms with Gasteiger partial charge in [-0.25, -0.2) is 0 Å². The largest absolute Gasteiger partial charge is 0.480 e. The number of hydrogen-bond acceptors (Lipinski definition) is 2. The molecule has 1 N–H and O–H groups in total. The highest BCUT2D eigenvalue weighted by Gasteiger charge is 2.39. The van der Waals surface area contributed by atoms with E-state index in [0.29, 0.717) is 0 Å². The Hall–Kier alpha value is -1.27. The summed E-state index contributed by atoms with van der Waals surface area (Å²) in [5.41, 5.74) is -1.71. The van der Waals surface area contributed by atoms with Crippen LogP contribution in [0.4, 0.5) is 13.2 Å². The Morgan fingerprint density at radius 2 is 1.69 bits per heavy atom. The zero-order valence-corrected chi connectivity index (χ0v) is 9.26. The average molecular weight is 241 g/mol. The van der Waals surface area contributed by atoms with Crippen molar-refractivity contribution in [1.82, 2.24) is 4.90 Å². The monoisotopic (exact) mass is 241 g/mol. The molecular weight excluding hydrogens is 227 g/mol. The molecule has 0 saturated carbocycles. The molecular formula is C9H14F3NO3. The van der Waals surface area contributed by atoms with Crippen LogP contribution < -0.4 is 0 Å². The lowest BCUT2D eigenvalue weighted by Crippen LogP contribution is -2.44. The molecule has 0 rings (SSSR count). The molecule has 0 aromatic carbocycles. The highest BCUT2D eigenvalue weighted by molar-refractivity contribution is 6.00. The fourth-order valence-corrected chi connectivity index (χ4v) is 0.965. The lowest BCUT2D eigenvalue weighted by Gasteiger charge is -2.26. The third kappa shape index (κ3) is 4.08. The number of halogens is 3. The Bertz CT molecular complexity index is 286. The number of hydrogen-bond donors (Lipinski definition) is 1. The summed E-state index contributed by atoms with van der Waals surface area (Å²) < 4.78 is 35.6. The molecule has 0 fully saturated rings. The minimum Gasteiger partial charge on any atom is -0.480 e. The minimum atomic E-state index is -4.36. The van der Waals surface area contributed by atoms with Crippen molar-refractivity contribution in [2.75, 3.05) is 13.6 Å². The summed E-state index contributed by atoms with van der Waals surface area (Å²) in [6.45, 7) is 1.77. The van der Waals surface area contributed by atoms with Gasteiger partial charge in [-0.05, 0) is 13.8 Å². The summed E-state index contributed by atoms with van der Waals surface area (Å²) in [5, 5.41) is 8.72. The molecule has 0 atom stereocenters. The smallest absolute Gasteiger partial charge is 0.390 e. The average Bonchev–Trinajstić information content (AvgIpc) is 2.11. The van der Waals surface area contributed by atoms with Gasteiger partial charge in [0.2, 0.25) is 5.91 Å². The summed E-state index contributed by atoms with van der Waals surface area (Å²) in [7, 11) is 1.15. The summed E-state index contributed by atoms with van der Waals surface area (Å²) in [5.74, 6) is -2.21. The van der Waals surface area contributed by atoms with Gasteiger partial charge in [-0.3, -0.25) is 9.59 Å². The van der Waals surface area contributed by atoms with E-state index in [4.69, 9.17) is 5.11 Å². The zero-order valence-electron chi connectivity index (χ0n) is 9.26. The van der Waals surface area contributed by atoms with Crippen LogP contribution in [0.25, 0.3) is 0 Å². The molecule has 0 bridgehead atoms. The van der Waals surface area contributed by atoms with Crippen molar-refractivity contribution in [3.05, 3.63) is 0 Å². The zero-order chi connectivity index (χ0) is 13.1. The van der Waals surface area contributed by atoms with E-state index in [2.05, 4.69) is 0 Å². The van der Waals surface area contributed by atoms with Gasteiger partial charge in [0.15, 0.2) is 0 Å². The van der Waals surface area contributed by atoms with Gasteiger partial charge in [0.25, 0.3) is 0 Å². The van der Waals surface area contributed by atoms with Crippen LogP contribution >= 0.6 is 0 Å². The molecule has 0 aliphatic rings. The van der Waals surface area contributed by atoms with Gasteiger partial charge in [0, 0.05) is 13.6 Å². The van der Waals surface area contributed by atoms with E-state index in [1.807, 2.05) is 0 Å². The van der Waals surface area contributed by atoms with Crippen molar-refractivity contribution < 1.29 is 27.9 Å². The van der Waals surface area contributed by atoms with Crippen LogP contribution in [0.15, 0.2) is 0 Å². The maximum absolute atomic E-state index is 11.9. The van der Waals surface area contributed by atoms with Crippen LogP contribution in [0.5, 0.6) is 0 Å². The number of carboxylic acids is 1. The second kappa shape index (κ2) is 4.71. The first-order chi connectivity index (χ1) is 6.98. The Morgan fingerprint density at radius 1 is 1.25 bits per heavy atom. The van der Waals surface area contributed by atoms with Gasteiger partial charge in [-0.2, -0.15) is 13.2 Å². The van der Waals surface area contributed by atoms with Crippen molar-refractivity contribution in [3.8, 4) is 0 Å². The van der Waals surface area contributed by atoms with Crippen molar-refractivity contribution in [2.45, 2.75) is 26.4 Å². The maximum Gasteiger partial charge on any atom is 0.390 e. The number of carboxylic acid groups (broad SMARTS) is 1. The predicted molar refractivity (Wildman–Crippen MR) is 49.7 cm³/mol. The molecule has 0 heterocycles. The van der Waals surface area contributed by atoms with Crippen LogP contribution in [0.1, 0.15) is 20.3 Å². The number of amides is 1. The summed E-state index contributed by atoms with van der Waals surface area (Å²) >= 11 is 0. The quantitative estimate of drug-likeness (QED) is 0.759. The molecule has 4 nitrogen and oxygen atoms in total. The van der Waals surface area contributed by atoms with Gasteiger partial charge in [-0.15, -0.1) is 0 Å². The molecule has 0 aromatic heterocycles. The van der Waals surface area contributed by atoms with Crippen LogP contribution in [0.2, 0.25) is 0 Å². The third-order valence-electron chi connectivity index (χ3n) is 2.15. The lowest BCUT2D eigenvalue weighted by molar-refractivity contribution is -0.159. The number of alkyl halides is 3. The fraction of sp³-hybridized carbons (Fsp3) is 0.778. The molecule has 7 heteroatoms. The fourth-order valence-electron chi connectivity index (χ4n) is 0.965. The summed E-state index contributed by atoms with van der Waals surface area (Å²) in [4.78, 5) is 23.0. The van der Waals surface area contributed by atoms with E-state index >= 15 is 0 Å². The van der Waals surface area contributed by atoms with Crippen molar-refractivity contribution in [3.63, 3.8) is 0 Å². The first kappa shape index (κ1) is 14.7. The first-order valence-electron chi connectivity index (χ1n) is 4.54. The van der Waals surface area contributed by atoms with E-state index in [1.165, 1.54) is 0 Å². The van der Waals surface area contributed by atoms with Gasteiger partial charge in [0.1, 0.15) is 5.41 Å². The first-order valence-corrected chi connectivity index (χ1v) is 4.54. The number of carbonyl (C=O) groups excluding carboxylic acids is 1. The summed E-state index contributed by atoms with van der Waals surface area (Å²) in [6, 6.07) is 0.